The van der Waals surface area contributed by atoms with Crippen LogP contribution in [0, 0.1) is 6.92 Å². The van der Waals surface area contributed by atoms with Gasteiger partial charge in [0.25, 0.3) is 0 Å². The van der Waals surface area contributed by atoms with E-state index < -0.39 is 0 Å². The van der Waals surface area contributed by atoms with Crippen LogP contribution in [-0.4, -0.2) is 95.6 Å². The van der Waals surface area contributed by atoms with Crippen LogP contribution in [0.15, 0.2) is 4.99 Å². The van der Waals surface area contributed by atoms with Crippen molar-refractivity contribution in [2.45, 2.75) is 64.6 Å². The molecule has 9 heteroatoms. The van der Waals surface area contributed by atoms with Gasteiger partial charge in [-0.1, -0.05) is 6.92 Å². The Labute approximate surface area is 187 Å². The highest BCUT2D eigenvalue weighted by atomic mass is 16.5. The van der Waals surface area contributed by atoms with Gasteiger partial charge >= 0.3 is 0 Å². The molecule has 0 radical (unpaired) electrons. The summed E-state index contributed by atoms with van der Waals surface area (Å²) in [6.45, 7) is 12.2. The first-order valence-electron chi connectivity index (χ1n) is 12.0. The molecule has 0 bridgehead atoms. The maximum Gasteiger partial charge on any atom is 0.191 e. The van der Waals surface area contributed by atoms with E-state index in [0.29, 0.717) is 18.6 Å². The minimum Gasteiger partial charge on any atom is -0.385 e. The summed E-state index contributed by atoms with van der Waals surface area (Å²) in [4.78, 5) is 9.98. The number of hydrogen-bond donors (Lipinski definition) is 2. The second kappa shape index (κ2) is 12.4. The van der Waals surface area contributed by atoms with Crippen LogP contribution < -0.4 is 10.6 Å². The Kier molecular flexibility index (Phi) is 9.54. The highest BCUT2D eigenvalue weighted by Crippen LogP contribution is 2.16. The van der Waals surface area contributed by atoms with Gasteiger partial charge in [-0.3, -0.25) is 4.90 Å². The number of methoxy groups -OCH3 is 1. The van der Waals surface area contributed by atoms with Gasteiger partial charge in [0.1, 0.15) is 12.4 Å². The average Bonchev–Trinajstić information content (AvgIpc) is 3.37. The van der Waals surface area contributed by atoms with E-state index in [2.05, 4.69) is 37.6 Å². The minimum atomic E-state index is 0.456. The molecular weight excluding hydrogens is 392 g/mol. The van der Waals surface area contributed by atoms with Crippen molar-refractivity contribution in [3.05, 3.63) is 11.6 Å². The molecule has 0 spiro atoms. The van der Waals surface area contributed by atoms with E-state index in [9.17, 15) is 0 Å². The lowest BCUT2D eigenvalue weighted by Crippen LogP contribution is -2.51. The van der Waals surface area contributed by atoms with Crippen molar-refractivity contribution in [3.63, 3.8) is 0 Å². The molecule has 2 N–H and O–H groups in total. The van der Waals surface area contributed by atoms with Gasteiger partial charge < -0.3 is 24.8 Å². The van der Waals surface area contributed by atoms with Crippen molar-refractivity contribution in [2.75, 3.05) is 53.0 Å². The Balaban J connectivity index is 1.55. The number of likely N-dealkylation sites (N-methyl/N-ethyl adjacent to an activating group) is 1. The van der Waals surface area contributed by atoms with Crippen molar-refractivity contribution in [1.82, 2.24) is 35.2 Å². The predicted molar refractivity (Wildman–Crippen MR) is 124 cm³/mol. The quantitative estimate of drug-likeness (QED) is 0.325. The summed E-state index contributed by atoms with van der Waals surface area (Å²) in [6.07, 6.45) is 5.94. The van der Waals surface area contributed by atoms with Crippen molar-refractivity contribution >= 4 is 5.96 Å². The van der Waals surface area contributed by atoms with Crippen molar-refractivity contribution in [1.29, 1.82) is 0 Å². The van der Waals surface area contributed by atoms with Crippen LogP contribution in [0.5, 0.6) is 0 Å². The maximum absolute atomic E-state index is 5.19. The van der Waals surface area contributed by atoms with Crippen LogP contribution in [0.25, 0.3) is 0 Å². The maximum atomic E-state index is 5.19. The molecule has 0 saturated carbocycles. The molecule has 3 rings (SSSR count). The lowest BCUT2D eigenvalue weighted by Gasteiger charge is -2.33. The first-order chi connectivity index (χ1) is 15.1. The molecule has 2 fully saturated rings. The Bertz CT molecular complexity index is 683. The van der Waals surface area contributed by atoms with Gasteiger partial charge in [-0.15, -0.1) is 10.2 Å². The Morgan fingerprint density at radius 1 is 1.19 bits per heavy atom. The first kappa shape index (κ1) is 23.9. The highest BCUT2D eigenvalue weighted by molar-refractivity contribution is 5.80. The SMILES string of the molecule is CCN1CCCC1CNC(=NCc1nnc(C)n1C)NC1CCN(CCCOC)CC1. The number of nitrogens with zero attached hydrogens (tertiary/aromatic N) is 6. The molecule has 31 heavy (non-hydrogen) atoms. The molecule has 176 valence electrons. The summed E-state index contributed by atoms with van der Waals surface area (Å²) in [5.74, 6) is 2.71. The zero-order valence-corrected chi connectivity index (χ0v) is 19.9. The second-order valence-corrected chi connectivity index (χ2v) is 8.80. The summed E-state index contributed by atoms with van der Waals surface area (Å²) >= 11 is 0. The fourth-order valence-corrected chi connectivity index (χ4v) is 4.57. The van der Waals surface area contributed by atoms with E-state index >= 15 is 0 Å². The van der Waals surface area contributed by atoms with Gasteiger partial charge in [0.2, 0.25) is 0 Å². The zero-order valence-electron chi connectivity index (χ0n) is 19.9. The number of rotatable bonds is 10. The summed E-state index contributed by atoms with van der Waals surface area (Å²) in [7, 11) is 3.77. The standard InChI is InChI=1S/C22H42N8O/c1-5-30-12-6-8-20(30)16-23-22(24-17-21-27-26-18(2)28(21)3)25-19-9-13-29(14-10-19)11-7-15-31-4/h19-20H,5-17H2,1-4H3,(H2,23,24,25). The molecule has 1 atom stereocenters. The Hall–Kier alpha value is -1.71. The molecule has 0 aromatic carbocycles. The molecule has 3 heterocycles. The second-order valence-electron chi connectivity index (χ2n) is 8.80. The minimum absolute atomic E-state index is 0.456. The summed E-state index contributed by atoms with van der Waals surface area (Å²) in [6, 6.07) is 1.05. The lowest BCUT2D eigenvalue weighted by atomic mass is 10.1. The predicted octanol–water partition coefficient (Wildman–Crippen LogP) is 1.14. The van der Waals surface area contributed by atoms with Crippen LogP contribution in [0.1, 0.15) is 50.7 Å². The van der Waals surface area contributed by atoms with Crippen LogP contribution in [0.2, 0.25) is 0 Å². The number of hydrogen-bond acceptors (Lipinski definition) is 6. The Morgan fingerprint density at radius 3 is 2.68 bits per heavy atom. The molecule has 9 nitrogen and oxygen atoms in total. The van der Waals surface area contributed by atoms with E-state index in [1.54, 1.807) is 7.11 Å². The molecule has 2 aliphatic rings. The zero-order chi connectivity index (χ0) is 22.1. The monoisotopic (exact) mass is 434 g/mol. The lowest BCUT2D eigenvalue weighted by molar-refractivity contribution is 0.155. The van der Waals surface area contributed by atoms with Crippen molar-refractivity contribution < 1.29 is 4.74 Å². The van der Waals surface area contributed by atoms with Gasteiger partial charge in [0.05, 0.1) is 0 Å². The van der Waals surface area contributed by atoms with E-state index in [1.807, 2.05) is 18.5 Å². The molecule has 1 aromatic heterocycles. The molecule has 1 aromatic rings. The van der Waals surface area contributed by atoms with E-state index in [-0.39, 0.29) is 0 Å². The number of piperidine rings is 1. The molecule has 0 amide bonds. The molecular formula is C22H42N8O. The summed E-state index contributed by atoms with van der Waals surface area (Å²) in [5.41, 5.74) is 0. The van der Waals surface area contributed by atoms with Crippen LogP contribution >= 0.6 is 0 Å². The smallest absolute Gasteiger partial charge is 0.191 e. The van der Waals surface area contributed by atoms with E-state index in [0.717, 1.165) is 76.2 Å². The van der Waals surface area contributed by atoms with Gasteiger partial charge in [-0.05, 0) is 52.1 Å². The van der Waals surface area contributed by atoms with Gasteiger partial charge in [0.15, 0.2) is 11.8 Å². The molecule has 2 aliphatic heterocycles. The number of aryl methyl sites for hydroxylation is 1. The first-order valence-corrected chi connectivity index (χ1v) is 12.0. The average molecular weight is 435 g/mol. The largest absolute Gasteiger partial charge is 0.385 e. The normalized spacial score (nSPS) is 21.7. The fraction of sp³-hybridized carbons (Fsp3) is 0.864. The summed E-state index contributed by atoms with van der Waals surface area (Å²) < 4.78 is 7.20. The van der Waals surface area contributed by atoms with Crippen LogP contribution in [0.3, 0.4) is 0 Å². The molecule has 1 unspecified atom stereocenters. The number of likely N-dealkylation sites (tertiary alicyclic amines) is 2. The number of guanidine groups is 1. The van der Waals surface area contributed by atoms with Gasteiger partial charge in [0, 0.05) is 59.0 Å². The highest BCUT2D eigenvalue weighted by Gasteiger charge is 2.24. The molecule has 0 aliphatic carbocycles. The number of ether oxygens (including phenoxy) is 1. The molecule has 2 saturated heterocycles. The van der Waals surface area contributed by atoms with Crippen LogP contribution in [0.4, 0.5) is 0 Å². The topological polar surface area (TPSA) is 82.8 Å². The van der Waals surface area contributed by atoms with E-state index in [1.165, 1.54) is 19.4 Å². The van der Waals surface area contributed by atoms with Crippen molar-refractivity contribution in [2.24, 2.45) is 12.0 Å². The number of nitrogens with one attached hydrogen (secondary N) is 2. The Morgan fingerprint density at radius 2 is 2.00 bits per heavy atom. The fourth-order valence-electron chi connectivity index (χ4n) is 4.57. The third-order valence-electron chi connectivity index (χ3n) is 6.72. The third-order valence-corrected chi connectivity index (χ3v) is 6.72. The van der Waals surface area contributed by atoms with Gasteiger partial charge in [-0.25, -0.2) is 4.99 Å². The number of aliphatic imine (C=N–C) groups is 1. The van der Waals surface area contributed by atoms with Crippen molar-refractivity contribution in [3.8, 4) is 0 Å². The summed E-state index contributed by atoms with van der Waals surface area (Å²) in [5, 5.41) is 15.8. The van der Waals surface area contributed by atoms with Crippen LogP contribution in [-0.2, 0) is 18.3 Å². The van der Waals surface area contributed by atoms with Gasteiger partial charge in [-0.2, -0.15) is 0 Å². The van der Waals surface area contributed by atoms with E-state index in [4.69, 9.17) is 9.73 Å². The number of aromatic nitrogens is 3. The third kappa shape index (κ3) is 7.15.